The molecule has 2 aromatic heterocycles. The average molecular weight is 444 g/mol. The highest BCUT2D eigenvalue weighted by atomic mass is 16.3. The van der Waals surface area contributed by atoms with Gasteiger partial charge in [0.15, 0.2) is 0 Å². The number of fused-ring (bicyclic) bond motifs is 1. The Balaban J connectivity index is 1.89. The molecule has 1 atom stereocenters. The fraction of sp³-hybridized carbons (Fsp3) is 0.296. The predicted octanol–water partition coefficient (Wildman–Crippen LogP) is 5.42. The van der Waals surface area contributed by atoms with E-state index in [4.69, 9.17) is 9.40 Å². The molecule has 0 aliphatic heterocycles. The molecule has 33 heavy (non-hydrogen) atoms. The van der Waals surface area contributed by atoms with Crippen molar-refractivity contribution >= 4 is 16.8 Å². The van der Waals surface area contributed by atoms with E-state index in [9.17, 15) is 9.59 Å². The van der Waals surface area contributed by atoms with Crippen LogP contribution in [0.5, 0.6) is 0 Å². The number of rotatable bonds is 7. The maximum atomic E-state index is 13.6. The number of carbonyl (C=O) groups excluding carboxylic acids is 1. The lowest BCUT2D eigenvalue weighted by Gasteiger charge is -2.30. The SMILES string of the molecule is Cc1ccc(-n2c(C(C)N(Cc3ccco3)C(=O)CC(C)C)nc3ccccc3c2=O)cc1. The summed E-state index contributed by atoms with van der Waals surface area (Å²) in [4.78, 5) is 33.6. The second-order valence-corrected chi connectivity index (χ2v) is 8.84. The minimum absolute atomic E-state index is 0.00763. The van der Waals surface area contributed by atoms with E-state index in [1.807, 2.05) is 82.3 Å². The Kier molecular flexibility index (Phi) is 6.45. The zero-order valence-electron chi connectivity index (χ0n) is 19.5. The Labute approximate surface area is 193 Å². The van der Waals surface area contributed by atoms with E-state index in [0.717, 1.165) is 11.3 Å². The van der Waals surface area contributed by atoms with Crippen molar-refractivity contribution < 1.29 is 9.21 Å². The van der Waals surface area contributed by atoms with Gasteiger partial charge in [-0.1, -0.05) is 43.7 Å². The molecule has 0 fully saturated rings. The zero-order valence-corrected chi connectivity index (χ0v) is 19.5. The molecule has 2 aromatic carbocycles. The molecule has 0 radical (unpaired) electrons. The van der Waals surface area contributed by atoms with Crippen molar-refractivity contribution in [1.29, 1.82) is 0 Å². The molecule has 0 spiro atoms. The van der Waals surface area contributed by atoms with Crippen molar-refractivity contribution in [2.45, 2.75) is 46.7 Å². The predicted molar refractivity (Wildman–Crippen MR) is 129 cm³/mol. The lowest BCUT2D eigenvalue weighted by Crippen LogP contribution is -2.37. The highest BCUT2D eigenvalue weighted by Gasteiger charge is 2.28. The topological polar surface area (TPSA) is 68.3 Å². The molecule has 6 heteroatoms. The van der Waals surface area contributed by atoms with Gasteiger partial charge in [-0.25, -0.2) is 4.98 Å². The highest BCUT2D eigenvalue weighted by Crippen LogP contribution is 2.26. The molecule has 0 aliphatic carbocycles. The summed E-state index contributed by atoms with van der Waals surface area (Å²) in [7, 11) is 0. The number of carbonyl (C=O) groups is 1. The van der Waals surface area contributed by atoms with Crippen LogP contribution in [0.4, 0.5) is 0 Å². The van der Waals surface area contributed by atoms with Gasteiger partial charge in [0.05, 0.1) is 35.4 Å². The molecular weight excluding hydrogens is 414 g/mol. The molecule has 4 rings (SSSR count). The first-order chi connectivity index (χ1) is 15.8. The first-order valence-electron chi connectivity index (χ1n) is 11.3. The van der Waals surface area contributed by atoms with Gasteiger partial charge in [0.1, 0.15) is 11.6 Å². The number of aryl methyl sites for hydroxylation is 1. The molecule has 1 amide bonds. The van der Waals surface area contributed by atoms with Crippen molar-refractivity contribution in [1.82, 2.24) is 14.5 Å². The quantitative estimate of drug-likeness (QED) is 0.382. The van der Waals surface area contributed by atoms with Gasteiger partial charge in [0, 0.05) is 6.42 Å². The second-order valence-electron chi connectivity index (χ2n) is 8.84. The van der Waals surface area contributed by atoms with Crippen molar-refractivity contribution in [3.05, 3.63) is 94.4 Å². The molecule has 6 nitrogen and oxygen atoms in total. The Morgan fingerprint density at radius 3 is 2.42 bits per heavy atom. The Morgan fingerprint density at radius 2 is 1.76 bits per heavy atom. The minimum Gasteiger partial charge on any atom is -0.467 e. The minimum atomic E-state index is -0.458. The van der Waals surface area contributed by atoms with E-state index < -0.39 is 6.04 Å². The second kappa shape index (κ2) is 9.45. The van der Waals surface area contributed by atoms with Crippen LogP contribution in [0.1, 0.15) is 50.4 Å². The van der Waals surface area contributed by atoms with Crippen molar-refractivity contribution in [2.75, 3.05) is 0 Å². The molecule has 0 bridgehead atoms. The van der Waals surface area contributed by atoms with Crippen molar-refractivity contribution in [3.8, 4) is 5.69 Å². The van der Waals surface area contributed by atoms with Crippen LogP contribution in [-0.4, -0.2) is 20.4 Å². The van der Waals surface area contributed by atoms with Gasteiger partial charge in [0.25, 0.3) is 5.56 Å². The maximum Gasteiger partial charge on any atom is 0.266 e. The van der Waals surface area contributed by atoms with Gasteiger partial charge >= 0.3 is 0 Å². The molecule has 0 saturated carbocycles. The molecular formula is C27H29N3O3. The van der Waals surface area contributed by atoms with Gasteiger partial charge in [-0.3, -0.25) is 14.2 Å². The lowest BCUT2D eigenvalue weighted by molar-refractivity contribution is -0.135. The Morgan fingerprint density at radius 1 is 1.03 bits per heavy atom. The van der Waals surface area contributed by atoms with Crippen LogP contribution in [-0.2, 0) is 11.3 Å². The van der Waals surface area contributed by atoms with E-state index in [1.54, 1.807) is 21.8 Å². The third-order valence-corrected chi connectivity index (χ3v) is 5.74. The normalized spacial score (nSPS) is 12.3. The van der Waals surface area contributed by atoms with Gasteiger partial charge in [-0.2, -0.15) is 0 Å². The summed E-state index contributed by atoms with van der Waals surface area (Å²) in [6.07, 6.45) is 2.00. The molecule has 4 aromatic rings. The van der Waals surface area contributed by atoms with E-state index in [2.05, 4.69) is 0 Å². The third-order valence-electron chi connectivity index (χ3n) is 5.74. The van der Waals surface area contributed by atoms with Gasteiger partial charge in [0.2, 0.25) is 5.91 Å². The van der Waals surface area contributed by atoms with Crippen molar-refractivity contribution in [2.24, 2.45) is 5.92 Å². The smallest absolute Gasteiger partial charge is 0.266 e. The number of amides is 1. The largest absolute Gasteiger partial charge is 0.467 e. The maximum absolute atomic E-state index is 13.6. The van der Waals surface area contributed by atoms with Gasteiger partial charge in [-0.05, 0) is 56.2 Å². The van der Waals surface area contributed by atoms with Crippen LogP contribution in [0, 0.1) is 12.8 Å². The average Bonchev–Trinajstić information content (AvgIpc) is 3.31. The van der Waals surface area contributed by atoms with Crippen LogP contribution in [0.3, 0.4) is 0 Å². The van der Waals surface area contributed by atoms with Gasteiger partial charge < -0.3 is 9.32 Å². The number of aromatic nitrogens is 2. The zero-order chi connectivity index (χ0) is 23.5. The van der Waals surface area contributed by atoms with Crippen LogP contribution < -0.4 is 5.56 Å². The van der Waals surface area contributed by atoms with Gasteiger partial charge in [-0.15, -0.1) is 0 Å². The molecule has 0 aliphatic rings. The molecule has 0 saturated heterocycles. The first-order valence-corrected chi connectivity index (χ1v) is 11.3. The fourth-order valence-electron chi connectivity index (χ4n) is 3.99. The van der Waals surface area contributed by atoms with E-state index in [-0.39, 0.29) is 17.4 Å². The van der Waals surface area contributed by atoms with E-state index >= 15 is 0 Å². The number of benzene rings is 2. The van der Waals surface area contributed by atoms with Crippen LogP contribution in [0.15, 0.2) is 76.1 Å². The number of para-hydroxylation sites is 1. The van der Waals surface area contributed by atoms with E-state index in [1.165, 1.54) is 0 Å². The summed E-state index contributed by atoms with van der Waals surface area (Å²) >= 11 is 0. The highest BCUT2D eigenvalue weighted by molar-refractivity contribution is 5.79. The summed E-state index contributed by atoms with van der Waals surface area (Å²) in [6, 6.07) is 18.3. The summed E-state index contributed by atoms with van der Waals surface area (Å²) in [5.74, 6) is 1.40. The standard InChI is InChI=1S/C27H29N3O3/c1-18(2)16-25(31)29(17-22-8-7-15-33-22)20(4)26-28-24-10-6-5-9-23(24)27(32)30(26)21-13-11-19(3)12-14-21/h5-15,18,20H,16-17H2,1-4H3. The van der Waals surface area contributed by atoms with Crippen LogP contribution in [0.2, 0.25) is 0 Å². The monoisotopic (exact) mass is 443 g/mol. The first kappa shape index (κ1) is 22.5. The van der Waals surface area contributed by atoms with Crippen LogP contribution >= 0.6 is 0 Å². The number of hydrogen-bond donors (Lipinski definition) is 0. The Hall–Kier alpha value is -3.67. The summed E-state index contributed by atoms with van der Waals surface area (Å²) in [6.45, 7) is 8.26. The summed E-state index contributed by atoms with van der Waals surface area (Å²) in [5, 5.41) is 0.542. The summed E-state index contributed by atoms with van der Waals surface area (Å²) < 4.78 is 7.17. The third kappa shape index (κ3) is 4.75. The fourth-order valence-corrected chi connectivity index (χ4v) is 3.99. The number of hydrogen-bond acceptors (Lipinski definition) is 4. The summed E-state index contributed by atoms with van der Waals surface area (Å²) in [5.41, 5.74) is 2.28. The lowest BCUT2D eigenvalue weighted by atomic mass is 10.1. The van der Waals surface area contributed by atoms with E-state index in [0.29, 0.717) is 35.5 Å². The molecule has 170 valence electrons. The van der Waals surface area contributed by atoms with Crippen LogP contribution in [0.25, 0.3) is 16.6 Å². The molecule has 2 heterocycles. The molecule has 0 N–H and O–H groups in total. The van der Waals surface area contributed by atoms with Crippen molar-refractivity contribution in [3.63, 3.8) is 0 Å². The number of nitrogens with zero attached hydrogens (tertiary/aromatic N) is 3. The number of furan rings is 1. The Bertz CT molecular complexity index is 1300. The molecule has 1 unspecified atom stereocenters.